The molecule has 0 aliphatic carbocycles. The minimum absolute atomic E-state index is 0.708. The average molecular weight is 571 g/mol. The van der Waals surface area contributed by atoms with Crippen molar-refractivity contribution in [1.82, 2.24) is 15.0 Å². The highest BCUT2D eigenvalue weighted by atomic mass is 79.9. The van der Waals surface area contributed by atoms with Crippen LogP contribution in [0.15, 0.2) is 126 Å². The second-order valence-electron chi connectivity index (χ2n) is 9.08. The van der Waals surface area contributed by atoms with E-state index >= 15 is 0 Å². The summed E-state index contributed by atoms with van der Waals surface area (Å²) < 4.78 is 3.50. The van der Waals surface area contributed by atoms with Crippen LogP contribution in [0.4, 0.5) is 0 Å². The number of fused-ring (bicyclic) bond motifs is 3. The third-order valence-electron chi connectivity index (χ3n) is 6.63. The molecular weight excluding hydrogens is 550 g/mol. The van der Waals surface area contributed by atoms with Crippen LogP contribution in [0.25, 0.3) is 65.2 Å². The monoisotopic (exact) mass is 569 g/mol. The lowest BCUT2D eigenvalue weighted by atomic mass is 10.0. The Morgan fingerprint density at radius 3 is 2.21 bits per heavy atom. The lowest BCUT2D eigenvalue weighted by molar-refractivity contribution is 1.18. The first kappa shape index (κ1) is 23.0. The fraction of sp³-hybridized carbons (Fsp3) is 0. The fourth-order valence-electron chi connectivity index (χ4n) is 4.84. The molecule has 7 aromatic rings. The summed E-state index contributed by atoms with van der Waals surface area (Å²) in [4.78, 5) is 14.5. The minimum Gasteiger partial charge on any atom is -0.264 e. The van der Waals surface area contributed by atoms with Gasteiger partial charge in [-0.1, -0.05) is 88.7 Å². The van der Waals surface area contributed by atoms with Gasteiger partial charge in [-0.15, -0.1) is 11.3 Å². The van der Waals surface area contributed by atoms with Gasteiger partial charge in [0.15, 0.2) is 5.82 Å². The van der Waals surface area contributed by atoms with Crippen molar-refractivity contribution in [2.75, 3.05) is 0 Å². The van der Waals surface area contributed by atoms with Crippen molar-refractivity contribution in [2.45, 2.75) is 0 Å². The van der Waals surface area contributed by atoms with E-state index in [0.717, 1.165) is 43.7 Å². The van der Waals surface area contributed by atoms with Gasteiger partial charge >= 0.3 is 0 Å². The maximum atomic E-state index is 5.10. The lowest BCUT2D eigenvalue weighted by Crippen LogP contribution is -1.96. The standard InChI is InChI=1S/C33H20BrN3S/c34-25-17-23(22-10-7-15-35-20-22)16-24(18-25)29-19-30(37-33(36-29)21-8-2-1-3-9-21)28-13-6-12-27-26-11-4-5-14-31(26)38-32(27)28/h1-20H. The summed E-state index contributed by atoms with van der Waals surface area (Å²) in [6.45, 7) is 0. The fourth-order valence-corrected chi connectivity index (χ4v) is 6.55. The van der Waals surface area contributed by atoms with Crippen LogP contribution in [0.3, 0.4) is 0 Å². The van der Waals surface area contributed by atoms with Gasteiger partial charge < -0.3 is 0 Å². The number of thiophene rings is 1. The van der Waals surface area contributed by atoms with E-state index in [1.807, 2.05) is 41.8 Å². The SMILES string of the molecule is Brc1cc(-c2cccnc2)cc(-c2cc(-c3cccc4c3sc3ccccc34)nc(-c3ccccc3)n2)c1. The van der Waals surface area contributed by atoms with E-state index in [0.29, 0.717) is 5.82 Å². The summed E-state index contributed by atoms with van der Waals surface area (Å²) in [5.41, 5.74) is 7.04. The average Bonchev–Trinajstić information content (AvgIpc) is 3.36. The summed E-state index contributed by atoms with van der Waals surface area (Å²) in [6, 6.07) is 37.8. The largest absolute Gasteiger partial charge is 0.264 e. The number of aromatic nitrogens is 3. The van der Waals surface area contributed by atoms with E-state index in [-0.39, 0.29) is 0 Å². The molecule has 4 aromatic carbocycles. The van der Waals surface area contributed by atoms with Gasteiger partial charge in [-0.25, -0.2) is 9.97 Å². The van der Waals surface area contributed by atoms with Gasteiger partial charge in [0.1, 0.15) is 0 Å². The van der Waals surface area contributed by atoms with E-state index in [1.165, 1.54) is 20.2 Å². The number of nitrogens with zero attached hydrogens (tertiary/aromatic N) is 3. The molecule has 0 radical (unpaired) electrons. The molecule has 0 fully saturated rings. The molecule has 0 unspecified atom stereocenters. The van der Waals surface area contributed by atoms with Gasteiger partial charge in [0, 0.05) is 59.3 Å². The molecule has 0 aliphatic heterocycles. The van der Waals surface area contributed by atoms with Crippen LogP contribution in [0, 0.1) is 0 Å². The van der Waals surface area contributed by atoms with E-state index in [1.54, 1.807) is 6.20 Å². The summed E-state index contributed by atoms with van der Waals surface area (Å²) in [6.07, 6.45) is 3.67. The Bertz CT molecular complexity index is 1930. The number of hydrogen-bond acceptors (Lipinski definition) is 4. The minimum atomic E-state index is 0.708. The van der Waals surface area contributed by atoms with Gasteiger partial charge in [-0.3, -0.25) is 4.98 Å². The molecule has 3 nitrogen and oxygen atoms in total. The molecule has 38 heavy (non-hydrogen) atoms. The molecule has 0 bridgehead atoms. The van der Waals surface area contributed by atoms with E-state index < -0.39 is 0 Å². The Hall–Kier alpha value is -4.19. The zero-order valence-corrected chi connectivity index (χ0v) is 22.6. The Balaban J connectivity index is 1.47. The van der Waals surface area contributed by atoms with Crippen LogP contribution in [0.2, 0.25) is 0 Å². The van der Waals surface area contributed by atoms with E-state index in [9.17, 15) is 0 Å². The van der Waals surface area contributed by atoms with Crippen LogP contribution >= 0.6 is 27.3 Å². The summed E-state index contributed by atoms with van der Waals surface area (Å²) in [7, 11) is 0. The Morgan fingerprint density at radius 2 is 1.34 bits per heavy atom. The molecule has 5 heteroatoms. The normalized spacial score (nSPS) is 11.3. The van der Waals surface area contributed by atoms with Crippen molar-refractivity contribution < 1.29 is 0 Å². The molecule has 0 atom stereocenters. The van der Waals surface area contributed by atoms with Crippen molar-refractivity contribution >= 4 is 47.4 Å². The highest BCUT2D eigenvalue weighted by molar-refractivity contribution is 9.10. The topological polar surface area (TPSA) is 38.7 Å². The van der Waals surface area contributed by atoms with Crippen LogP contribution in [0.5, 0.6) is 0 Å². The Kier molecular flexibility index (Phi) is 5.80. The van der Waals surface area contributed by atoms with E-state index in [2.05, 4.69) is 106 Å². The van der Waals surface area contributed by atoms with Crippen molar-refractivity contribution in [1.29, 1.82) is 0 Å². The van der Waals surface area contributed by atoms with Crippen molar-refractivity contribution in [3.63, 3.8) is 0 Å². The van der Waals surface area contributed by atoms with Crippen LogP contribution in [-0.2, 0) is 0 Å². The van der Waals surface area contributed by atoms with Crippen molar-refractivity contribution in [3.8, 4) is 45.0 Å². The first-order valence-electron chi connectivity index (χ1n) is 12.3. The van der Waals surface area contributed by atoms with Gasteiger partial charge in [0.2, 0.25) is 0 Å². The number of hydrogen-bond donors (Lipinski definition) is 0. The quantitative estimate of drug-likeness (QED) is 0.212. The maximum Gasteiger partial charge on any atom is 0.160 e. The number of rotatable bonds is 4. The van der Waals surface area contributed by atoms with Gasteiger partial charge in [0.05, 0.1) is 11.4 Å². The zero-order chi connectivity index (χ0) is 25.5. The lowest BCUT2D eigenvalue weighted by Gasteiger charge is -2.12. The molecule has 180 valence electrons. The van der Waals surface area contributed by atoms with Crippen LogP contribution < -0.4 is 0 Å². The molecule has 3 heterocycles. The number of halogens is 1. The van der Waals surface area contributed by atoms with E-state index in [4.69, 9.17) is 9.97 Å². The van der Waals surface area contributed by atoms with Crippen molar-refractivity contribution in [2.24, 2.45) is 0 Å². The van der Waals surface area contributed by atoms with Gasteiger partial charge in [-0.2, -0.15) is 0 Å². The number of benzene rings is 4. The highest BCUT2D eigenvalue weighted by Crippen LogP contribution is 2.40. The molecule has 0 N–H and O–H groups in total. The Morgan fingerprint density at radius 1 is 0.579 bits per heavy atom. The van der Waals surface area contributed by atoms with Crippen LogP contribution in [-0.4, -0.2) is 15.0 Å². The second-order valence-corrected chi connectivity index (χ2v) is 11.0. The zero-order valence-electron chi connectivity index (χ0n) is 20.2. The second kappa shape index (κ2) is 9.60. The molecule has 3 aromatic heterocycles. The van der Waals surface area contributed by atoms with Crippen molar-refractivity contribution in [3.05, 3.63) is 126 Å². The van der Waals surface area contributed by atoms with Crippen LogP contribution in [0.1, 0.15) is 0 Å². The summed E-state index contributed by atoms with van der Waals surface area (Å²) in [5, 5.41) is 2.53. The molecule has 0 amide bonds. The number of pyridine rings is 1. The van der Waals surface area contributed by atoms with Gasteiger partial charge in [0.25, 0.3) is 0 Å². The molecule has 0 aliphatic rings. The smallest absolute Gasteiger partial charge is 0.160 e. The molecule has 0 saturated carbocycles. The third-order valence-corrected chi connectivity index (χ3v) is 8.30. The molecular formula is C33H20BrN3S. The first-order chi connectivity index (χ1) is 18.7. The molecule has 0 saturated heterocycles. The summed E-state index contributed by atoms with van der Waals surface area (Å²) in [5.74, 6) is 0.708. The summed E-state index contributed by atoms with van der Waals surface area (Å²) >= 11 is 5.54. The first-order valence-corrected chi connectivity index (χ1v) is 13.9. The van der Waals surface area contributed by atoms with Gasteiger partial charge in [-0.05, 0) is 42.0 Å². The molecule has 7 rings (SSSR count). The maximum absolute atomic E-state index is 5.10. The predicted molar refractivity (Wildman–Crippen MR) is 162 cm³/mol. The third kappa shape index (κ3) is 4.20. The predicted octanol–water partition coefficient (Wildman–Crippen LogP) is 9.67. The Labute approximate surface area is 232 Å². The highest BCUT2D eigenvalue weighted by Gasteiger charge is 2.16. The molecule has 0 spiro atoms.